The van der Waals surface area contributed by atoms with Crippen LogP contribution in [0.3, 0.4) is 0 Å². The molecule has 1 heterocycles. The molecule has 4 rings (SSSR count). The largest absolute Gasteiger partial charge is 0.508 e. The molecular weight excluding hydrogens is 422 g/mol. The van der Waals surface area contributed by atoms with Crippen LogP contribution in [-0.2, 0) is 0 Å². The molecule has 5 nitrogen and oxygen atoms in total. The molecule has 3 aromatic carbocycles. The lowest BCUT2D eigenvalue weighted by Crippen LogP contribution is -2.30. The van der Waals surface area contributed by atoms with Gasteiger partial charge in [-0.3, -0.25) is 4.79 Å². The number of benzene rings is 3. The summed E-state index contributed by atoms with van der Waals surface area (Å²) in [6.07, 6.45) is 0.966. The van der Waals surface area contributed by atoms with Gasteiger partial charge in [0, 0.05) is 32.1 Å². The number of rotatable bonds is 8. The number of carbonyl (C=O) groups is 1. The Bertz CT molecular complexity index is 1230. The van der Waals surface area contributed by atoms with Gasteiger partial charge in [0.25, 0.3) is 0 Å². The highest BCUT2D eigenvalue weighted by molar-refractivity contribution is 7.22. The van der Waals surface area contributed by atoms with Gasteiger partial charge in [-0.05, 0) is 85.8 Å². The summed E-state index contributed by atoms with van der Waals surface area (Å²) in [7, 11) is 1.91. The van der Waals surface area contributed by atoms with Gasteiger partial charge in [0.05, 0.1) is 0 Å². The fourth-order valence-corrected chi connectivity index (χ4v) is 4.81. The van der Waals surface area contributed by atoms with Crippen molar-refractivity contribution in [3.8, 4) is 27.7 Å². The average molecular weight is 448 g/mol. The van der Waals surface area contributed by atoms with Crippen LogP contribution in [0.1, 0.15) is 29.3 Å². The van der Waals surface area contributed by atoms with E-state index in [1.54, 1.807) is 54.6 Å². The minimum absolute atomic E-state index is 0.0989. The number of phenolic OH excluding ortho intramolecular Hbond substituents is 2. The molecule has 0 radical (unpaired) electrons. The van der Waals surface area contributed by atoms with E-state index >= 15 is 0 Å². The molecular formula is C26H25NO4S. The van der Waals surface area contributed by atoms with Gasteiger partial charge in [-0.25, -0.2) is 0 Å². The van der Waals surface area contributed by atoms with Gasteiger partial charge in [0.1, 0.15) is 23.9 Å². The standard InChI is InChI=1S/C26H25NO4S/c1-3-18(27-2)15-31-21-11-6-16(7-12-21)25(30)24-22-13-10-20(29)14-23(22)32-26(24)17-4-8-19(28)9-5-17/h4-14,18,27-29H,3,15H2,1-2H3. The molecule has 0 aliphatic rings. The third kappa shape index (κ3) is 4.47. The van der Waals surface area contributed by atoms with Gasteiger partial charge in [-0.15, -0.1) is 11.3 Å². The van der Waals surface area contributed by atoms with Crippen molar-refractivity contribution in [1.29, 1.82) is 0 Å². The van der Waals surface area contributed by atoms with Crippen molar-refractivity contribution < 1.29 is 19.7 Å². The van der Waals surface area contributed by atoms with Crippen molar-refractivity contribution >= 4 is 27.2 Å². The molecule has 0 aliphatic heterocycles. The lowest BCUT2D eigenvalue weighted by atomic mass is 9.97. The summed E-state index contributed by atoms with van der Waals surface area (Å²) in [6.45, 7) is 2.66. The average Bonchev–Trinajstić information content (AvgIpc) is 3.18. The first kappa shape index (κ1) is 21.9. The van der Waals surface area contributed by atoms with E-state index < -0.39 is 0 Å². The summed E-state index contributed by atoms with van der Waals surface area (Å²) in [4.78, 5) is 14.4. The van der Waals surface area contributed by atoms with Crippen LogP contribution in [0.2, 0.25) is 0 Å². The molecule has 0 saturated heterocycles. The van der Waals surface area contributed by atoms with Gasteiger partial charge >= 0.3 is 0 Å². The van der Waals surface area contributed by atoms with E-state index in [1.165, 1.54) is 11.3 Å². The number of fused-ring (bicyclic) bond motifs is 1. The van der Waals surface area contributed by atoms with E-state index in [2.05, 4.69) is 12.2 Å². The zero-order valence-electron chi connectivity index (χ0n) is 18.0. The molecule has 1 unspecified atom stereocenters. The van der Waals surface area contributed by atoms with Crippen LogP contribution < -0.4 is 10.1 Å². The molecule has 32 heavy (non-hydrogen) atoms. The summed E-state index contributed by atoms with van der Waals surface area (Å²) in [5.74, 6) is 0.940. The summed E-state index contributed by atoms with van der Waals surface area (Å²) in [6, 6.07) is 19.3. The highest BCUT2D eigenvalue weighted by atomic mass is 32.1. The van der Waals surface area contributed by atoms with Crippen molar-refractivity contribution in [3.05, 3.63) is 77.9 Å². The van der Waals surface area contributed by atoms with Gasteiger partial charge in [-0.2, -0.15) is 0 Å². The van der Waals surface area contributed by atoms with Crippen molar-refractivity contribution in [3.63, 3.8) is 0 Å². The second kappa shape index (κ2) is 9.42. The van der Waals surface area contributed by atoms with Crippen molar-refractivity contribution in [2.24, 2.45) is 0 Å². The van der Waals surface area contributed by atoms with Gasteiger partial charge in [0.15, 0.2) is 5.78 Å². The fourth-order valence-electron chi connectivity index (χ4n) is 3.58. The number of likely N-dealkylation sites (N-methyl/N-ethyl adjacent to an activating group) is 1. The van der Waals surface area contributed by atoms with E-state index in [0.717, 1.165) is 26.9 Å². The Balaban J connectivity index is 1.70. The van der Waals surface area contributed by atoms with Crippen molar-refractivity contribution in [2.45, 2.75) is 19.4 Å². The van der Waals surface area contributed by atoms with E-state index in [4.69, 9.17) is 4.74 Å². The lowest BCUT2D eigenvalue weighted by molar-refractivity contribution is 0.104. The second-order valence-corrected chi connectivity index (χ2v) is 8.64. The molecule has 164 valence electrons. The topological polar surface area (TPSA) is 78.8 Å². The van der Waals surface area contributed by atoms with E-state index in [1.807, 2.05) is 19.2 Å². The van der Waals surface area contributed by atoms with E-state index in [-0.39, 0.29) is 23.3 Å². The van der Waals surface area contributed by atoms with E-state index in [9.17, 15) is 15.0 Å². The SMILES string of the molecule is CCC(COc1ccc(C(=O)c2c(-c3ccc(O)cc3)sc3cc(O)ccc23)cc1)NC. The van der Waals surface area contributed by atoms with Crippen LogP contribution in [0.25, 0.3) is 20.5 Å². The Morgan fingerprint density at radius 2 is 1.69 bits per heavy atom. The molecule has 0 aliphatic carbocycles. The monoisotopic (exact) mass is 447 g/mol. The molecule has 1 atom stereocenters. The normalized spacial score (nSPS) is 12.1. The number of nitrogens with one attached hydrogen (secondary N) is 1. The maximum atomic E-state index is 13.6. The molecule has 4 aromatic rings. The fraction of sp³-hybridized carbons (Fsp3) is 0.192. The van der Waals surface area contributed by atoms with Crippen molar-refractivity contribution in [2.75, 3.05) is 13.7 Å². The summed E-state index contributed by atoms with van der Waals surface area (Å²) < 4.78 is 6.67. The van der Waals surface area contributed by atoms with Crippen LogP contribution in [0.4, 0.5) is 0 Å². The number of ketones is 1. The highest BCUT2D eigenvalue weighted by Crippen LogP contribution is 2.41. The summed E-state index contributed by atoms with van der Waals surface area (Å²) in [5, 5.41) is 23.6. The number of thiophene rings is 1. The summed E-state index contributed by atoms with van der Waals surface area (Å²) in [5.41, 5.74) is 1.99. The molecule has 3 N–H and O–H groups in total. The number of aromatic hydroxyl groups is 2. The maximum Gasteiger partial charge on any atom is 0.195 e. The summed E-state index contributed by atoms with van der Waals surface area (Å²) >= 11 is 1.45. The van der Waals surface area contributed by atoms with Crippen LogP contribution in [0.15, 0.2) is 66.7 Å². The first-order valence-corrected chi connectivity index (χ1v) is 11.3. The van der Waals surface area contributed by atoms with Crippen LogP contribution in [0, 0.1) is 0 Å². The molecule has 1 aromatic heterocycles. The Morgan fingerprint density at radius 3 is 2.34 bits per heavy atom. The number of ether oxygens (including phenoxy) is 1. The molecule has 0 amide bonds. The molecule has 0 fully saturated rings. The molecule has 6 heteroatoms. The Labute approximate surface area is 190 Å². The number of phenols is 2. The molecule has 0 spiro atoms. The predicted octanol–water partition coefficient (Wildman–Crippen LogP) is 5.59. The smallest absolute Gasteiger partial charge is 0.195 e. The quantitative estimate of drug-likeness (QED) is 0.307. The van der Waals surface area contributed by atoms with Crippen molar-refractivity contribution in [1.82, 2.24) is 5.32 Å². The predicted molar refractivity (Wildman–Crippen MR) is 129 cm³/mol. The van der Waals surface area contributed by atoms with Crippen LogP contribution >= 0.6 is 11.3 Å². The minimum atomic E-state index is -0.0989. The molecule has 0 bridgehead atoms. The van der Waals surface area contributed by atoms with Gasteiger partial charge in [-0.1, -0.05) is 6.92 Å². The van der Waals surface area contributed by atoms with E-state index in [0.29, 0.717) is 23.5 Å². The first-order chi connectivity index (χ1) is 15.5. The Hall–Kier alpha value is -3.35. The number of hydrogen-bond donors (Lipinski definition) is 3. The molecule has 0 saturated carbocycles. The minimum Gasteiger partial charge on any atom is -0.508 e. The van der Waals surface area contributed by atoms with Gasteiger partial charge < -0.3 is 20.3 Å². The lowest BCUT2D eigenvalue weighted by Gasteiger charge is -2.15. The highest BCUT2D eigenvalue weighted by Gasteiger charge is 2.22. The zero-order chi connectivity index (χ0) is 22.7. The van der Waals surface area contributed by atoms with Crippen LogP contribution in [0.5, 0.6) is 17.2 Å². The number of hydrogen-bond acceptors (Lipinski definition) is 6. The third-order valence-electron chi connectivity index (χ3n) is 5.50. The van der Waals surface area contributed by atoms with Gasteiger partial charge in [0.2, 0.25) is 0 Å². The zero-order valence-corrected chi connectivity index (χ0v) is 18.8. The first-order valence-electron chi connectivity index (χ1n) is 10.5. The number of carbonyl (C=O) groups excluding carboxylic acids is 1. The van der Waals surface area contributed by atoms with Crippen LogP contribution in [-0.4, -0.2) is 35.7 Å². The Kier molecular flexibility index (Phi) is 6.44. The second-order valence-electron chi connectivity index (χ2n) is 7.59. The maximum absolute atomic E-state index is 13.6. The Morgan fingerprint density at radius 1 is 1.00 bits per heavy atom. The third-order valence-corrected chi connectivity index (χ3v) is 6.70.